The molecule has 45 heavy (non-hydrogen) atoms. The molecule has 5 rings (SSSR count). The third-order valence-corrected chi connectivity index (χ3v) is 8.25. The van der Waals surface area contributed by atoms with Gasteiger partial charge >= 0.3 is 18.3 Å². The number of ether oxygens (including phenoxy) is 1. The first-order valence-corrected chi connectivity index (χ1v) is 15.1. The Labute approximate surface area is 259 Å². The van der Waals surface area contributed by atoms with E-state index in [-0.39, 0.29) is 29.8 Å². The lowest BCUT2D eigenvalue weighted by Crippen LogP contribution is -2.47. The van der Waals surface area contributed by atoms with Crippen LogP contribution in [0.1, 0.15) is 61.5 Å². The molecule has 3 saturated heterocycles. The van der Waals surface area contributed by atoms with Gasteiger partial charge < -0.3 is 29.7 Å². The van der Waals surface area contributed by atoms with Gasteiger partial charge in [-0.3, -0.25) is 4.79 Å². The van der Waals surface area contributed by atoms with Gasteiger partial charge in [-0.05, 0) is 63.8 Å². The van der Waals surface area contributed by atoms with Crippen LogP contribution in [0.2, 0.25) is 0 Å². The summed E-state index contributed by atoms with van der Waals surface area (Å²) < 4.78 is 58.3. The molecular formula is C31H38F4N6O4. The number of hydrogen-bond donors (Lipinski definition) is 1. The first kappa shape index (κ1) is 32.3. The summed E-state index contributed by atoms with van der Waals surface area (Å²) in [6, 6.07) is 7.27. The highest BCUT2D eigenvalue weighted by molar-refractivity contribution is 5.94. The summed E-state index contributed by atoms with van der Waals surface area (Å²) in [5.41, 5.74) is -0.323. The van der Waals surface area contributed by atoms with Crippen LogP contribution in [-0.4, -0.2) is 94.7 Å². The molecule has 0 bridgehead atoms. The number of carbonyl (C=O) groups is 3. The van der Waals surface area contributed by atoms with Crippen LogP contribution in [0, 0.1) is 5.82 Å². The van der Waals surface area contributed by atoms with E-state index in [1.807, 2.05) is 12.1 Å². The molecule has 1 N–H and O–H groups in total. The minimum absolute atomic E-state index is 0.0645. The van der Waals surface area contributed by atoms with Crippen molar-refractivity contribution < 1.29 is 36.7 Å². The van der Waals surface area contributed by atoms with E-state index in [4.69, 9.17) is 4.74 Å². The average Bonchev–Trinajstić information content (AvgIpc) is 3.58. The number of anilines is 1. The lowest BCUT2D eigenvalue weighted by atomic mass is 10.0. The quantitative estimate of drug-likeness (QED) is 0.455. The summed E-state index contributed by atoms with van der Waals surface area (Å²) in [6.45, 7) is 8.49. The van der Waals surface area contributed by atoms with Gasteiger partial charge in [0.25, 0.3) is 5.91 Å². The molecule has 1 aromatic carbocycles. The standard InChI is InChI=1S/C31H38F4N6O4/c1-30(2,3)45-28(43)37-23-8-11-39(19-23)27(42)21-6-4-20(5-7-21)18-40-14-15-41(29(40)44)24-9-12-38(13-10-24)26-25(32)16-22(17-36-26)31(33,34)35/h4-7,16-17,23-24H,8-15,18-19H2,1-3H3,(H,37,43). The number of halogens is 4. The molecule has 0 spiro atoms. The molecule has 4 heterocycles. The Kier molecular flexibility index (Phi) is 9.13. The molecule has 0 saturated carbocycles. The minimum Gasteiger partial charge on any atom is -0.444 e. The van der Waals surface area contributed by atoms with Crippen LogP contribution in [0.4, 0.5) is 33.0 Å². The van der Waals surface area contributed by atoms with Crippen molar-refractivity contribution in [1.29, 1.82) is 0 Å². The number of benzene rings is 1. The van der Waals surface area contributed by atoms with E-state index in [0.717, 1.165) is 5.56 Å². The van der Waals surface area contributed by atoms with Crippen LogP contribution in [-0.2, 0) is 17.5 Å². The van der Waals surface area contributed by atoms with Crippen molar-refractivity contribution in [1.82, 2.24) is 25.0 Å². The molecule has 1 aromatic heterocycles. The molecule has 0 aliphatic carbocycles. The molecule has 3 fully saturated rings. The summed E-state index contributed by atoms with van der Waals surface area (Å²) >= 11 is 0. The van der Waals surface area contributed by atoms with Gasteiger partial charge in [0, 0.05) is 63.6 Å². The lowest BCUT2D eigenvalue weighted by molar-refractivity contribution is -0.138. The monoisotopic (exact) mass is 634 g/mol. The van der Waals surface area contributed by atoms with Crippen molar-refractivity contribution in [2.24, 2.45) is 0 Å². The van der Waals surface area contributed by atoms with Crippen LogP contribution < -0.4 is 10.2 Å². The van der Waals surface area contributed by atoms with Gasteiger partial charge in [-0.1, -0.05) is 12.1 Å². The van der Waals surface area contributed by atoms with E-state index < -0.39 is 29.3 Å². The van der Waals surface area contributed by atoms with E-state index in [2.05, 4.69) is 10.3 Å². The number of nitrogens with one attached hydrogen (secondary N) is 1. The van der Waals surface area contributed by atoms with E-state index >= 15 is 0 Å². The number of hydrogen-bond acceptors (Lipinski definition) is 6. The molecule has 4 amide bonds. The van der Waals surface area contributed by atoms with Gasteiger partial charge in [-0.2, -0.15) is 13.2 Å². The predicted molar refractivity (Wildman–Crippen MR) is 157 cm³/mol. The Morgan fingerprint density at radius 2 is 1.69 bits per heavy atom. The van der Waals surface area contributed by atoms with E-state index in [1.54, 1.807) is 52.5 Å². The van der Waals surface area contributed by atoms with Gasteiger partial charge in [0.15, 0.2) is 11.6 Å². The lowest BCUT2D eigenvalue weighted by Gasteiger charge is -2.37. The number of likely N-dealkylation sites (tertiary alicyclic amines) is 1. The van der Waals surface area contributed by atoms with Crippen LogP contribution in [0.15, 0.2) is 36.5 Å². The zero-order valence-corrected chi connectivity index (χ0v) is 25.6. The maximum atomic E-state index is 14.4. The van der Waals surface area contributed by atoms with Crippen LogP contribution >= 0.6 is 0 Å². The Morgan fingerprint density at radius 1 is 1.00 bits per heavy atom. The number of urea groups is 1. The van der Waals surface area contributed by atoms with E-state index in [0.29, 0.717) is 82.9 Å². The third kappa shape index (κ3) is 7.77. The van der Waals surface area contributed by atoms with E-state index in [1.165, 1.54) is 0 Å². The smallest absolute Gasteiger partial charge is 0.417 e. The Balaban J connectivity index is 1.09. The maximum Gasteiger partial charge on any atom is 0.417 e. The number of alkyl halides is 3. The first-order valence-electron chi connectivity index (χ1n) is 15.1. The number of aromatic nitrogens is 1. The van der Waals surface area contributed by atoms with Crippen LogP contribution in [0.5, 0.6) is 0 Å². The molecule has 0 radical (unpaired) electrons. The summed E-state index contributed by atoms with van der Waals surface area (Å²) in [7, 11) is 0. The number of piperidine rings is 1. The number of carbonyl (C=O) groups excluding carboxylic acids is 3. The SMILES string of the molecule is CC(C)(C)OC(=O)NC1CCN(C(=O)c2ccc(CN3CCN(C4CCN(c5ncc(C(F)(F)F)cc5F)CC4)C3=O)cc2)C1. The number of rotatable bonds is 6. The largest absolute Gasteiger partial charge is 0.444 e. The zero-order chi connectivity index (χ0) is 32.5. The molecule has 1 unspecified atom stereocenters. The fraction of sp³-hybridized carbons (Fsp3) is 0.548. The number of alkyl carbamates (subject to hydrolysis) is 1. The fourth-order valence-corrected chi connectivity index (χ4v) is 5.99. The van der Waals surface area contributed by atoms with Gasteiger partial charge in [-0.15, -0.1) is 0 Å². The summed E-state index contributed by atoms with van der Waals surface area (Å²) in [4.78, 5) is 49.0. The molecule has 14 heteroatoms. The van der Waals surface area contributed by atoms with Crippen molar-refractivity contribution in [3.8, 4) is 0 Å². The van der Waals surface area contributed by atoms with Crippen LogP contribution in [0.25, 0.3) is 0 Å². The normalized spacial score (nSPS) is 19.8. The highest BCUT2D eigenvalue weighted by Gasteiger charge is 2.37. The zero-order valence-electron chi connectivity index (χ0n) is 25.6. The first-order chi connectivity index (χ1) is 21.2. The van der Waals surface area contributed by atoms with Gasteiger partial charge in [0.2, 0.25) is 0 Å². The molecule has 3 aliphatic rings. The van der Waals surface area contributed by atoms with Crippen molar-refractivity contribution >= 4 is 23.8 Å². The molecular weight excluding hydrogens is 596 g/mol. The van der Waals surface area contributed by atoms with Crippen molar-refractivity contribution in [3.63, 3.8) is 0 Å². The molecule has 10 nitrogen and oxygen atoms in total. The van der Waals surface area contributed by atoms with Crippen molar-refractivity contribution in [2.45, 2.75) is 70.4 Å². The second kappa shape index (κ2) is 12.7. The predicted octanol–water partition coefficient (Wildman–Crippen LogP) is 4.89. The second-order valence-corrected chi connectivity index (χ2v) is 12.7. The fourth-order valence-electron chi connectivity index (χ4n) is 5.99. The van der Waals surface area contributed by atoms with Gasteiger partial charge in [0.1, 0.15) is 5.60 Å². The van der Waals surface area contributed by atoms with Crippen molar-refractivity contribution in [3.05, 3.63) is 59.0 Å². The van der Waals surface area contributed by atoms with Crippen LogP contribution in [0.3, 0.4) is 0 Å². The second-order valence-electron chi connectivity index (χ2n) is 12.7. The Bertz CT molecular complexity index is 1410. The number of amides is 4. The minimum atomic E-state index is -4.66. The van der Waals surface area contributed by atoms with Gasteiger partial charge in [-0.25, -0.2) is 19.0 Å². The van der Waals surface area contributed by atoms with Gasteiger partial charge in [0.05, 0.1) is 11.6 Å². The van der Waals surface area contributed by atoms with Crippen molar-refractivity contribution in [2.75, 3.05) is 44.2 Å². The average molecular weight is 635 g/mol. The molecule has 2 aromatic rings. The molecule has 244 valence electrons. The Morgan fingerprint density at radius 3 is 2.31 bits per heavy atom. The molecule has 3 aliphatic heterocycles. The molecule has 1 atom stereocenters. The number of pyridine rings is 1. The summed E-state index contributed by atoms with van der Waals surface area (Å²) in [6.07, 6.45) is -2.80. The summed E-state index contributed by atoms with van der Waals surface area (Å²) in [5, 5.41) is 2.82. The highest BCUT2D eigenvalue weighted by Crippen LogP contribution is 2.32. The van der Waals surface area contributed by atoms with E-state index in [9.17, 15) is 31.9 Å². The Hall–Kier alpha value is -4.10. The highest BCUT2D eigenvalue weighted by atomic mass is 19.4. The summed E-state index contributed by atoms with van der Waals surface area (Å²) in [5.74, 6) is -1.25. The topological polar surface area (TPSA) is 98.3 Å². The third-order valence-electron chi connectivity index (χ3n) is 8.25. The maximum absolute atomic E-state index is 14.4. The number of nitrogens with zero attached hydrogens (tertiary/aromatic N) is 5.